The van der Waals surface area contributed by atoms with Crippen molar-refractivity contribution in [3.63, 3.8) is 0 Å². The largest absolute Gasteiger partial charge is 0.487 e. The molecule has 0 aliphatic carbocycles. The molecule has 0 saturated heterocycles. The van der Waals surface area contributed by atoms with E-state index in [2.05, 4.69) is 20.9 Å². The number of rotatable bonds is 3. The molecule has 0 N–H and O–H groups in total. The topological polar surface area (TPSA) is 35.3 Å². The summed E-state index contributed by atoms with van der Waals surface area (Å²) in [5.74, 6) is 0.749. The summed E-state index contributed by atoms with van der Waals surface area (Å²) in [6, 6.07) is 7.15. The summed E-state index contributed by atoms with van der Waals surface area (Å²) in [4.78, 5) is 4.50. The molecule has 0 spiro atoms. The molecule has 0 amide bonds. The fourth-order valence-corrected chi connectivity index (χ4v) is 1.48. The first-order valence-corrected chi connectivity index (χ1v) is 5.39. The molecule has 78 valence electrons. The van der Waals surface area contributed by atoms with Crippen LogP contribution in [-0.2, 0) is 6.61 Å². The predicted octanol–water partition coefficient (Wildman–Crippen LogP) is 3.67. The molecule has 0 fully saturated rings. The summed E-state index contributed by atoms with van der Waals surface area (Å²) in [5, 5.41) is 0.687. The SMILES string of the molecule is Clc1ccc(OCc2coc(Br)n2)cc1. The minimum atomic E-state index is 0.372. The van der Waals surface area contributed by atoms with E-state index in [4.69, 9.17) is 20.8 Å². The monoisotopic (exact) mass is 287 g/mol. The standard InChI is InChI=1S/C10H7BrClNO2/c11-10-13-8(6-15-10)5-14-9-3-1-7(12)2-4-9/h1-4,6H,5H2. The molecule has 0 radical (unpaired) electrons. The molecule has 0 saturated carbocycles. The number of hydrogen-bond acceptors (Lipinski definition) is 3. The molecule has 3 nitrogen and oxygen atoms in total. The molecule has 2 rings (SSSR count). The van der Waals surface area contributed by atoms with Gasteiger partial charge in [-0.05, 0) is 24.3 Å². The molecule has 0 aliphatic heterocycles. The van der Waals surface area contributed by atoms with E-state index in [9.17, 15) is 0 Å². The molecule has 0 unspecified atom stereocenters. The molecule has 2 aromatic rings. The molecule has 1 aromatic carbocycles. The second kappa shape index (κ2) is 4.68. The van der Waals surface area contributed by atoms with Crippen LogP contribution < -0.4 is 4.74 Å². The van der Waals surface area contributed by atoms with E-state index in [0.717, 1.165) is 11.4 Å². The average Bonchev–Trinajstić information content (AvgIpc) is 2.64. The van der Waals surface area contributed by atoms with E-state index in [1.54, 1.807) is 30.5 Å². The summed E-state index contributed by atoms with van der Waals surface area (Å²) in [5.41, 5.74) is 0.733. The molecule has 5 heteroatoms. The number of hydrogen-bond donors (Lipinski definition) is 0. The molecule has 0 atom stereocenters. The third kappa shape index (κ3) is 2.97. The highest BCUT2D eigenvalue weighted by Crippen LogP contribution is 2.17. The first-order valence-electron chi connectivity index (χ1n) is 4.22. The Kier molecular flexibility index (Phi) is 3.28. The second-order valence-corrected chi connectivity index (χ2v) is 3.95. The summed E-state index contributed by atoms with van der Waals surface area (Å²) in [7, 11) is 0. The molecule has 1 heterocycles. The normalized spacial score (nSPS) is 10.3. The Morgan fingerprint density at radius 3 is 2.67 bits per heavy atom. The van der Waals surface area contributed by atoms with Crippen molar-refractivity contribution < 1.29 is 9.15 Å². The van der Waals surface area contributed by atoms with E-state index in [1.807, 2.05) is 0 Å². The van der Waals surface area contributed by atoms with E-state index in [0.29, 0.717) is 16.4 Å². The van der Waals surface area contributed by atoms with Crippen molar-refractivity contribution in [1.29, 1.82) is 0 Å². The predicted molar refractivity (Wildman–Crippen MR) is 60.0 cm³/mol. The number of aromatic nitrogens is 1. The Balaban J connectivity index is 1.96. The molecular weight excluding hydrogens is 281 g/mol. The van der Waals surface area contributed by atoms with Gasteiger partial charge in [0.25, 0.3) is 4.80 Å². The summed E-state index contributed by atoms with van der Waals surface area (Å²) in [6.07, 6.45) is 1.54. The van der Waals surface area contributed by atoms with Gasteiger partial charge in [-0.15, -0.1) is 0 Å². The van der Waals surface area contributed by atoms with Gasteiger partial charge in [0.2, 0.25) is 0 Å². The summed E-state index contributed by atoms with van der Waals surface area (Å²) >= 11 is 8.86. The van der Waals surface area contributed by atoms with Gasteiger partial charge in [-0.3, -0.25) is 0 Å². The lowest BCUT2D eigenvalue weighted by Gasteiger charge is -2.02. The van der Waals surface area contributed by atoms with E-state index in [-0.39, 0.29) is 0 Å². The van der Waals surface area contributed by atoms with Crippen LogP contribution in [0.4, 0.5) is 0 Å². The third-order valence-corrected chi connectivity index (χ3v) is 2.34. The van der Waals surface area contributed by atoms with Crippen molar-refractivity contribution in [2.24, 2.45) is 0 Å². The number of oxazole rings is 1. The van der Waals surface area contributed by atoms with Gasteiger partial charge < -0.3 is 9.15 Å². The minimum absolute atomic E-state index is 0.372. The van der Waals surface area contributed by atoms with Crippen molar-refractivity contribution in [3.05, 3.63) is 46.0 Å². The van der Waals surface area contributed by atoms with Crippen LogP contribution in [0.3, 0.4) is 0 Å². The molecular formula is C10H7BrClNO2. The first kappa shape index (κ1) is 10.5. The van der Waals surface area contributed by atoms with Gasteiger partial charge in [-0.1, -0.05) is 11.6 Å². The minimum Gasteiger partial charge on any atom is -0.487 e. The van der Waals surface area contributed by atoms with Crippen molar-refractivity contribution >= 4 is 27.5 Å². The smallest absolute Gasteiger partial charge is 0.264 e. The number of nitrogens with zero attached hydrogens (tertiary/aromatic N) is 1. The maximum absolute atomic E-state index is 5.74. The van der Waals surface area contributed by atoms with Crippen molar-refractivity contribution in [1.82, 2.24) is 4.98 Å². The first-order chi connectivity index (χ1) is 7.24. The van der Waals surface area contributed by atoms with Gasteiger partial charge in [-0.2, -0.15) is 0 Å². The van der Waals surface area contributed by atoms with Crippen molar-refractivity contribution in [2.45, 2.75) is 6.61 Å². The molecule has 15 heavy (non-hydrogen) atoms. The van der Waals surface area contributed by atoms with Crippen LogP contribution >= 0.6 is 27.5 Å². The zero-order chi connectivity index (χ0) is 10.7. The maximum atomic E-state index is 5.74. The fourth-order valence-electron chi connectivity index (χ4n) is 1.04. The zero-order valence-corrected chi connectivity index (χ0v) is 9.96. The lowest BCUT2D eigenvalue weighted by Crippen LogP contribution is -1.95. The van der Waals surface area contributed by atoms with E-state index < -0.39 is 0 Å². The Morgan fingerprint density at radius 1 is 1.33 bits per heavy atom. The molecule has 0 aliphatic rings. The van der Waals surface area contributed by atoms with Gasteiger partial charge in [0.15, 0.2) is 0 Å². The second-order valence-electron chi connectivity index (χ2n) is 2.83. The maximum Gasteiger partial charge on any atom is 0.264 e. The van der Waals surface area contributed by atoms with Gasteiger partial charge in [0.1, 0.15) is 24.3 Å². The van der Waals surface area contributed by atoms with Gasteiger partial charge in [0, 0.05) is 21.0 Å². The number of ether oxygens (including phenoxy) is 1. The fraction of sp³-hybridized carbons (Fsp3) is 0.100. The van der Waals surface area contributed by atoms with Crippen LogP contribution in [-0.4, -0.2) is 4.98 Å². The highest BCUT2D eigenvalue weighted by Gasteiger charge is 2.01. The lowest BCUT2D eigenvalue weighted by atomic mass is 10.3. The van der Waals surface area contributed by atoms with E-state index in [1.165, 1.54) is 0 Å². The van der Waals surface area contributed by atoms with Crippen LogP contribution in [0.15, 0.2) is 39.7 Å². The lowest BCUT2D eigenvalue weighted by molar-refractivity contribution is 0.301. The highest BCUT2D eigenvalue weighted by atomic mass is 79.9. The zero-order valence-electron chi connectivity index (χ0n) is 7.61. The molecule has 0 bridgehead atoms. The number of halogens is 2. The quantitative estimate of drug-likeness (QED) is 0.864. The third-order valence-electron chi connectivity index (χ3n) is 1.72. The van der Waals surface area contributed by atoms with Gasteiger partial charge >= 0.3 is 0 Å². The van der Waals surface area contributed by atoms with Crippen LogP contribution in [0.25, 0.3) is 0 Å². The van der Waals surface area contributed by atoms with E-state index >= 15 is 0 Å². The molecule has 1 aromatic heterocycles. The van der Waals surface area contributed by atoms with Crippen LogP contribution in [0.5, 0.6) is 5.75 Å². The average molecular weight is 289 g/mol. The highest BCUT2D eigenvalue weighted by molar-refractivity contribution is 9.10. The van der Waals surface area contributed by atoms with Gasteiger partial charge in [0.05, 0.1) is 0 Å². The van der Waals surface area contributed by atoms with Crippen molar-refractivity contribution in [2.75, 3.05) is 0 Å². The Morgan fingerprint density at radius 2 is 2.07 bits per heavy atom. The van der Waals surface area contributed by atoms with Crippen molar-refractivity contribution in [3.8, 4) is 5.75 Å². The Bertz CT molecular complexity index is 441. The summed E-state index contributed by atoms with van der Waals surface area (Å²) < 4.78 is 10.4. The van der Waals surface area contributed by atoms with Crippen LogP contribution in [0.1, 0.15) is 5.69 Å². The van der Waals surface area contributed by atoms with Crippen LogP contribution in [0.2, 0.25) is 5.02 Å². The Labute approximate surface area is 100 Å². The Hall–Kier alpha value is -1.00. The van der Waals surface area contributed by atoms with Crippen LogP contribution in [0, 0.1) is 0 Å². The van der Waals surface area contributed by atoms with Gasteiger partial charge in [-0.25, -0.2) is 4.98 Å². The summed E-state index contributed by atoms with van der Waals surface area (Å²) in [6.45, 7) is 0.372. The number of benzene rings is 1.